The number of imidazole rings is 1. The molecular formula is C17H19N3S. The van der Waals surface area contributed by atoms with Crippen LogP contribution in [0.3, 0.4) is 0 Å². The molecule has 1 aromatic carbocycles. The lowest BCUT2D eigenvalue weighted by Crippen LogP contribution is -2.30. The summed E-state index contributed by atoms with van der Waals surface area (Å²) in [7, 11) is 0. The predicted octanol–water partition coefficient (Wildman–Crippen LogP) is 3.76. The van der Waals surface area contributed by atoms with Gasteiger partial charge >= 0.3 is 0 Å². The van der Waals surface area contributed by atoms with E-state index in [4.69, 9.17) is 4.98 Å². The van der Waals surface area contributed by atoms with Crippen LogP contribution in [0.25, 0.3) is 21.7 Å². The Morgan fingerprint density at radius 2 is 2.00 bits per heavy atom. The third-order valence-electron chi connectivity index (χ3n) is 4.30. The second kappa shape index (κ2) is 5.62. The van der Waals surface area contributed by atoms with Gasteiger partial charge in [0.05, 0.1) is 15.9 Å². The van der Waals surface area contributed by atoms with Gasteiger partial charge in [-0.3, -0.25) is 0 Å². The molecule has 1 aliphatic rings. The van der Waals surface area contributed by atoms with Crippen LogP contribution in [0.5, 0.6) is 0 Å². The lowest BCUT2D eigenvalue weighted by molar-refractivity contribution is 0.337. The Kier molecular flexibility index (Phi) is 3.49. The second-order valence-electron chi connectivity index (χ2n) is 5.71. The highest BCUT2D eigenvalue weighted by Crippen LogP contribution is 2.30. The smallest absolute Gasteiger partial charge is 0.151 e. The summed E-state index contributed by atoms with van der Waals surface area (Å²) in [5, 5.41) is 5.58. The molecule has 0 unspecified atom stereocenters. The molecule has 1 saturated heterocycles. The van der Waals surface area contributed by atoms with Crippen molar-refractivity contribution in [1.82, 2.24) is 14.9 Å². The molecule has 1 aliphatic heterocycles. The largest absolute Gasteiger partial charge is 0.323 e. The fraction of sp³-hybridized carbons (Fsp3) is 0.353. The van der Waals surface area contributed by atoms with Crippen molar-refractivity contribution in [2.24, 2.45) is 5.92 Å². The zero-order valence-corrected chi connectivity index (χ0v) is 12.8. The number of benzene rings is 1. The van der Waals surface area contributed by atoms with Crippen molar-refractivity contribution in [2.75, 3.05) is 13.1 Å². The zero-order chi connectivity index (χ0) is 14.1. The summed E-state index contributed by atoms with van der Waals surface area (Å²) < 4.78 is 2.43. The summed E-state index contributed by atoms with van der Waals surface area (Å²) in [4.78, 5) is 6.14. The average molecular weight is 297 g/mol. The van der Waals surface area contributed by atoms with Gasteiger partial charge in [-0.2, -0.15) is 0 Å². The molecule has 108 valence electrons. The van der Waals surface area contributed by atoms with Crippen molar-refractivity contribution in [2.45, 2.75) is 19.4 Å². The Morgan fingerprint density at radius 3 is 2.81 bits per heavy atom. The summed E-state index contributed by atoms with van der Waals surface area (Å²) in [6, 6.07) is 12.8. The number of rotatable bonds is 3. The van der Waals surface area contributed by atoms with Crippen LogP contribution < -0.4 is 5.32 Å². The Bertz CT molecular complexity index is 724. The highest BCUT2D eigenvalue weighted by atomic mass is 32.1. The van der Waals surface area contributed by atoms with Gasteiger partial charge in [0, 0.05) is 6.54 Å². The van der Waals surface area contributed by atoms with Crippen LogP contribution in [0.15, 0.2) is 41.8 Å². The van der Waals surface area contributed by atoms with Gasteiger partial charge in [-0.25, -0.2) is 4.98 Å². The van der Waals surface area contributed by atoms with Gasteiger partial charge in [0.15, 0.2) is 5.82 Å². The van der Waals surface area contributed by atoms with Crippen LogP contribution in [0.2, 0.25) is 0 Å². The monoisotopic (exact) mass is 297 g/mol. The maximum Gasteiger partial charge on any atom is 0.151 e. The van der Waals surface area contributed by atoms with E-state index in [0.717, 1.165) is 36.9 Å². The van der Waals surface area contributed by atoms with E-state index < -0.39 is 0 Å². The minimum atomic E-state index is 0.752. The third-order valence-corrected chi connectivity index (χ3v) is 5.16. The number of para-hydroxylation sites is 2. The van der Waals surface area contributed by atoms with E-state index in [-0.39, 0.29) is 0 Å². The molecule has 1 N–H and O–H groups in total. The normalized spacial score (nSPS) is 16.6. The van der Waals surface area contributed by atoms with E-state index in [1.165, 1.54) is 23.2 Å². The van der Waals surface area contributed by atoms with Gasteiger partial charge in [-0.1, -0.05) is 18.2 Å². The Morgan fingerprint density at radius 1 is 1.14 bits per heavy atom. The van der Waals surface area contributed by atoms with Gasteiger partial charge < -0.3 is 9.88 Å². The van der Waals surface area contributed by atoms with Gasteiger partial charge in [0.2, 0.25) is 0 Å². The zero-order valence-electron chi connectivity index (χ0n) is 12.0. The van der Waals surface area contributed by atoms with Crippen molar-refractivity contribution in [3.63, 3.8) is 0 Å². The number of aromatic nitrogens is 2. The first-order chi connectivity index (χ1) is 10.4. The van der Waals surface area contributed by atoms with Gasteiger partial charge in [-0.15, -0.1) is 11.3 Å². The SMILES string of the molecule is c1csc(-c2nc3ccccc3n2CC2CCNCC2)c1. The van der Waals surface area contributed by atoms with Crippen LogP contribution in [0, 0.1) is 5.92 Å². The first-order valence-corrected chi connectivity index (χ1v) is 8.49. The highest BCUT2D eigenvalue weighted by Gasteiger charge is 2.18. The van der Waals surface area contributed by atoms with E-state index in [0.29, 0.717) is 0 Å². The van der Waals surface area contributed by atoms with Crippen molar-refractivity contribution in [3.8, 4) is 10.7 Å². The number of nitrogens with one attached hydrogen (secondary N) is 1. The minimum absolute atomic E-state index is 0.752. The minimum Gasteiger partial charge on any atom is -0.323 e. The number of piperidine rings is 1. The summed E-state index contributed by atoms with van der Waals surface area (Å²) in [6.45, 7) is 3.37. The Hall–Kier alpha value is -1.65. The maximum atomic E-state index is 4.88. The van der Waals surface area contributed by atoms with Crippen LogP contribution in [0.1, 0.15) is 12.8 Å². The van der Waals surface area contributed by atoms with Gasteiger partial charge in [0.25, 0.3) is 0 Å². The molecule has 3 nitrogen and oxygen atoms in total. The molecule has 3 aromatic rings. The molecule has 0 atom stereocenters. The van der Waals surface area contributed by atoms with Crippen LogP contribution in [0.4, 0.5) is 0 Å². The molecule has 0 amide bonds. The molecule has 0 radical (unpaired) electrons. The lowest BCUT2D eigenvalue weighted by Gasteiger charge is -2.24. The highest BCUT2D eigenvalue weighted by molar-refractivity contribution is 7.13. The van der Waals surface area contributed by atoms with Crippen molar-refractivity contribution in [3.05, 3.63) is 41.8 Å². The molecule has 4 rings (SSSR count). The fourth-order valence-electron chi connectivity index (χ4n) is 3.18. The van der Waals surface area contributed by atoms with E-state index in [1.54, 1.807) is 11.3 Å². The summed E-state index contributed by atoms with van der Waals surface area (Å²) in [5.74, 6) is 1.88. The predicted molar refractivity (Wildman–Crippen MR) is 88.6 cm³/mol. The van der Waals surface area contributed by atoms with E-state index >= 15 is 0 Å². The van der Waals surface area contributed by atoms with E-state index in [2.05, 4.69) is 51.7 Å². The summed E-state index contributed by atoms with van der Waals surface area (Å²) in [6.07, 6.45) is 2.52. The molecule has 3 heterocycles. The molecule has 0 bridgehead atoms. The van der Waals surface area contributed by atoms with E-state index in [1.807, 2.05) is 0 Å². The first-order valence-electron chi connectivity index (χ1n) is 7.62. The Labute approximate surface area is 128 Å². The number of hydrogen-bond acceptors (Lipinski definition) is 3. The molecule has 4 heteroatoms. The maximum absolute atomic E-state index is 4.88. The summed E-state index contributed by atoms with van der Waals surface area (Å²) in [5.41, 5.74) is 2.37. The summed E-state index contributed by atoms with van der Waals surface area (Å²) >= 11 is 1.77. The van der Waals surface area contributed by atoms with Crippen molar-refractivity contribution < 1.29 is 0 Å². The molecule has 0 aliphatic carbocycles. The topological polar surface area (TPSA) is 29.9 Å². The molecule has 2 aromatic heterocycles. The molecule has 21 heavy (non-hydrogen) atoms. The number of fused-ring (bicyclic) bond motifs is 1. The number of hydrogen-bond donors (Lipinski definition) is 1. The number of nitrogens with zero attached hydrogens (tertiary/aromatic N) is 2. The average Bonchev–Trinajstić information content (AvgIpc) is 3.16. The van der Waals surface area contributed by atoms with Gasteiger partial charge in [-0.05, 0) is 55.4 Å². The fourth-order valence-corrected chi connectivity index (χ4v) is 3.90. The molecule has 1 fully saturated rings. The molecular weight excluding hydrogens is 278 g/mol. The molecule has 0 saturated carbocycles. The quantitative estimate of drug-likeness (QED) is 0.797. The van der Waals surface area contributed by atoms with Gasteiger partial charge in [0.1, 0.15) is 0 Å². The van der Waals surface area contributed by atoms with Crippen molar-refractivity contribution >= 4 is 22.4 Å². The Balaban J connectivity index is 1.78. The van der Waals surface area contributed by atoms with Crippen molar-refractivity contribution in [1.29, 1.82) is 0 Å². The van der Waals surface area contributed by atoms with Crippen LogP contribution >= 0.6 is 11.3 Å². The standard InChI is InChI=1S/C17H19N3S/c1-2-5-15-14(4-1)19-17(16-6-3-11-21-16)20(15)12-13-7-9-18-10-8-13/h1-6,11,13,18H,7-10,12H2. The first kappa shape index (κ1) is 13.0. The third kappa shape index (κ3) is 2.49. The second-order valence-corrected chi connectivity index (χ2v) is 6.65. The van der Waals surface area contributed by atoms with Crippen LogP contribution in [-0.2, 0) is 6.54 Å². The lowest BCUT2D eigenvalue weighted by atomic mass is 9.98. The number of thiophene rings is 1. The molecule has 0 spiro atoms. The van der Waals surface area contributed by atoms with E-state index in [9.17, 15) is 0 Å². The van der Waals surface area contributed by atoms with Crippen LogP contribution in [-0.4, -0.2) is 22.6 Å².